The van der Waals surface area contributed by atoms with Crippen LogP contribution in [0.3, 0.4) is 0 Å². The van der Waals surface area contributed by atoms with E-state index in [-0.39, 0.29) is 0 Å². The Morgan fingerprint density at radius 1 is 1.40 bits per heavy atom. The summed E-state index contributed by atoms with van der Waals surface area (Å²) in [5, 5.41) is 0. The molecule has 1 fully saturated rings. The van der Waals surface area contributed by atoms with Gasteiger partial charge in [-0.15, -0.1) is 0 Å². The van der Waals surface area contributed by atoms with Crippen LogP contribution in [0.1, 0.15) is 31.4 Å². The third-order valence-corrected chi connectivity index (χ3v) is 6.25. The van der Waals surface area contributed by atoms with Crippen LogP contribution >= 0.6 is 0 Å². The van der Waals surface area contributed by atoms with Crippen LogP contribution in [0.2, 0.25) is 0 Å². The molecule has 0 radical (unpaired) electrons. The smallest absolute Gasteiger partial charge is 0.243 e. The van der Waals surface area contributed by atoms with E-state index >= 15 is 0 Å². The Morgan fingerprint density at radius 3 is 2.60 bits per heavy atom. The van der Waals surface area contributed by atoms with Gasteiger partial charge >= 0.3 is 0 Å². The first-order valence-corrected chi connectivity index (χ1v) is 8.60. The van der Waals surface area contributed by atoms with Gasteiger partial charge < -0.3 is 5.73 Å². The van der Waals surface area contributed by atoms with Crippen LogP contribution in [0, 0.1) is 18.8 Å². The van der Waals surface area contributed by atoms with E-state index in [2.05, 4.69) is 13.8 Å². The molecule has 1 unspecified atom stereocenters. The van der Waals surface area contributed by atoms with E-state index in [4.69, 9.17) is 5.73 Å². The Kier molecular flexibility index (Phi) is 4.52. The van der Waals surface area contributed by atoms with Crippen molar-refractivity contribution >= 4 is 10.0 Å². The van der Waals surface area contributed by atoms with Crippen molar-refractivity contribution < 1.29 is 8.42 Å². The molecule has 1 heterocycles. The highest BCUT2D eigenvalue weighted by Crippen LogP contribution is 2.29. The van der Waals surface area contributed by atoms with Gasteiger partial charge in [0.15, 0.2) is 0 Å². The molecule has 0 spiro atoms. The van der Waals surface area contributed by atoms with Crippen LogP contribution in [-0.2, 0) is 16.6 Å². The first-order valence-electron chi connectivity index (χ1n) is 7.16. The maximum Gasteiger partial charge on any atom is 0.243 e. The SMILES string of the molecule is Cc1cc(CN)ccc1S(=O)(=O)N1CCC(C(C)C)C1. The number of hydrogen-bond donors (Lipinski definition) is 1. The number of aryl methyl sites for hydroxylation is 1. The van der Waals surface area contributed by atoms with Gasteiger partial charge in [-0.05, 0) is 42.4 Å². The van der Waals surface area contributed by atoms with Crippen molar-refractivity contribution in [3.05, 3.63) is 29.3 Å². The highest BCUT2D eigenvalue weighted by atomic mass is 32.2. The van der Waals surface area contributed by atoms with Gasteiger partial charge in [-0.1, -0.05) is 26.0 Å². The zero-order chi connectivity index (χ0) is 14.9. The van der Waals surface area contributed by atoms with Crippen molar-refractivity contribution in [2.75, 3.05) is 13.1 Å². The summed E-state index contributed by atoms with van der Waals surface area (Å²) in [5.41, 5.74) is 7.33. The lowest BCUT2D eigenvalue weighted by Gasteiger charge is -2.19. The summed E-state index contributed by atoms with van der Waals surface area (Å²) < 4.78 is 27.1. The van der Waals surface area contributed by atoms with Crippen LogP contribution in [0.25, 0.3) is 0 Å². The largest absolute Gasteiger partial charge is 0.326 e. The zero-order valence-electron chi connectivity index (χ0n) is 12.5. The molecule has 0 saturated carbocycles. The first-order chi connectivity index (χ1) is 9.36. The van der Waals surface area contributed by atoms with Crippen LogP contribution < -0.4 is 5.73 Å². The number of nitrogens with two attached hydrogens (primary N) is 1. The Labute approximate surface area is 122 Å². The second-order valence-corrected chi connectivity index (χ2v) is 7.87. The third-order valence-electron chi connectivity index (χ3n) is 4.22. The lowest BCUT2D eigenvalue weighted by molar-refractivity contribution is 0.388. The summed E-state index contributed by atoms with van der Waals surface area (Å²) in [6, 6.07) is 5.36. The quantitative estimate of drug-likeness (QED) is 0.925. The molecular weight excluding hydrogens is 272 g/mol. The van der Waals surface area contributed by atoms with Gasteiger partial charge in [0.05, 0.1) is 4.90 Å². The molecule has 1 atom stereocenters. The van der Waals surface area contributed by atoms with Crippen LogP contribution in [0.4, 0.5) is 0 Å². The molecule has 0 aromatic heterocycles. The summed E-state index contributed by atoms with van der Waals surface area (Å²) in [7, 11) is -3.37. The van der Waals surface area contributed by atoms with E-state index in [1.54, 1.807) is 16.4 Å². The van der Waals surface area contributed by atoms with Crippen LogP contribution in [-0.4, -0.2) is 25.8 Å². The molecule has 1 aliphatic heterocycles. The molecule has 0 amide bonds. The van der Waals surface area contributed by atoms with Crippen LogP contribution in [0.5, 0.6) is 0 Å². The minimum absolute atomic E-state index is 0.416. The Hall–Kier alpha value is -0.910. The van der Waals surface area contributed by atoms with Crippen molar-refractivity contribution in [2.24, 2.45) is 17.6 Å². The number of hydrogen-bond acceptors (Lipinski definition) is 3. The minimum Gasteiger partial charge on any atom is -0.326 e. The fourth-order valence-electron chi connectivity index (χ4n) is 2.78. The highest BCUT2D eigenvalue weighted by molar-refractivity contribution is 7.89. The number of sulfonamides is 1. The summed E-state index contributed by atoms with van der Waals surface area (Å²) in [6.07, 6.45) is 0.955. The summed E-state index contributed by atoms with van der Waals surface area (Å²) in [6.45, 7) is 7.84. The highest BCUT2D eigenvalue weighted by Gasteiger charge is 2.34. The molecule has 2 rings (SSSR count). The second kappa shape index (κ2) is 5.84. The van der Waals surface area contributed by atoms with E-state index < -0.39 is 10.0 Å². The lowest BCUT2D eigenvalue weighted by atomic mass is 9.96. The molecule has 1 aromatic carbocycles. The van der Waals surface area contributed by atoms with E-state index in [0.29, 0.717) is 36.4 Å². The maximum absolute atomic E-state index is 12.7. The van der Waals surface area contributed by atoms with Gasteiger partial charge in [-0.25, -0.2) is 8.42 Å². The minimum atomic E-state index is -3.37. The summed E-state index contributed by atoms with van der Waals surface area (Å²) >= 11 is 0. The average molecular weight is 296 g/mol. The van der Waals surface area contributed by atoms with Crippen molar-refractivity contribution in [2.45, 2.75) is 38.6 Å². The molecule has 2 N–H and O–H groups in total. The summed E-state index contributed by atoms with van der Waals surface area (Å²) in [5.74, 6) is 0.990. The van der Waals surface area contributed by atoms with Crippen molar-refractivity contribution in [1.82, 2.24) is 4.31 Å². The van der Waals surface area contributed by atoms with Crippen molar-refractivity contribution in [3.8, 4) is 0 Å². The van der Waals surface area contributed by atoms with Gasteiger partial charge in [0, 0.05) is 19.6 Å². The molecule has 0 aliphatic carbocycles. The molecule has 0 bridgehead atoms. The average Bonchev–Trinajstić information content (AvgIpc) is 2.88. The van der Waals surface area contributed by atoms with Gasteiger partial charge in [0.25, 0.3) is 0 Å². The van der Waals surface area contributed by atoms with Gasteiger partial charge in [-0.3, -0.25) is 0 Å². The predicted molar refractivity (Wildman–Crippen MR) is 80.8 cm³/mol. The molecule has 1 aliphatic rings. The number of rotatable bonds is 4. The predicted octanol–water partition coefficient (Wildman–Crippen LogP) is 2.12. The molecule has 20 heavy (non-hydrogen) atoms. The fraction of sp³-hybridized carbons (Fsp3) is 0.600. The third kappa shape index (κ3) is 2.90. The fourth-order valence-corrected chi connectivity index (χ4v) is 4.50. The Morgan fingerprint density at radius 2 is 2.10 bits per heavy atom. The van der Waals surface area contributed by atoms with Crippen molar-refractivity contribution in [3.63, 3.8) is 0 Å². The number of benzene rings is 1. The monoisotopic (exact) mass is 296 g/mol. The first kappa shape index (κ1) is 15.5. The molecule has 1 aromatic rings. The molecule has 4 nitrogen and oxygen atoms in total. The summed E-state index contributed by atoms with van der Waals surface area (Å²) in [4.78, 5) is 0.416. The molecular formula is C15H24N2O2S. The molecule has 112 valence electrons. The molecule has 1 saturated heterocycles. The second-order valence-electron chi connectivity index (χ2n) is 5.96. The number of nitrogens with zero attached hydrogens (tertiary/aromatic N) is 1. The maximum atomic E-state index is 12.7. The Bertz CT molecular complexity index is 582. The normalized spacial score (nSPS) is 20.8. The van der Waals surface area contributed by atoms with Gasteiger partial charge in [-0.2, -0.15) is 4.31 Å². The van der Waals surface area contributed by atoms with Crippen LogP contribution in [0.15, 0.2) is 23.1 Å². The topological polar surface area (TPSA) is 63.4 Å². The molecule has 5 heteroatoms. The van der Waals surface area contributed by atoms with E-state index in [1.165, 1.54) is 0 Å². The standard InChI is InChI=1S/C15H24N2O2S/c1-11(2)14-6-7-17(10-14)20(18,19)15-5-4-13(9-16)8-12(15)3/h4-5,8,11,14H,6-7,9-10,16H2,1-3H3. The van der Waals surface area contributed by atoms with E-state index in [1.807, 2.05) is 13.0 Å². The van der Waals surface area contributed by atoms with E-state index in [0.717, 1.165) is 17.5 Å². The van der Waals surface area contributed by atoms with Gasteiger partial charge in [0.1, 0.15) is 0 Å². The zero-order valence-corrected chi connectivity index (χ0v) is 13.3. The van der Waals surface area contributed by atoms with Gasteiger partial charge in [0.2, 0.25) is 10.0 Å². The van der Waals surface area contributed by atoms with E-state index in [9.17, 15) is 8.42 Å². The van der Waals surface area contributed by atoms with Crippen molar-refractivity contribution in [1.29, 1.82) is 0 Å². The Balaban J connectivity index is 2.27. The lowest BCUT2D eigenvalue weighted by Crippen LogP contribution is -2.30.